The summed E-state index contributed by atoms with van der Waals surface area (Å²) in [5, 5.41) is 5.18. The van der Waals surface area contributed by atoms with Crippen LogP contribution in [0, 0.1) is 12.8 Å². The molecule has 21 heavy (non-hydrogen) atoms. The molecule has 0 aromatic carbocycles. The summed E-state index contributed by atoms with van der Waals surface area (Å²) in [6.45, 7) is 3.82. The Hall–Kier alpha value is -0.870. The van der Waals surface area contributed by atoms with E-state index in [1.807, 2.05) is 18.7 Å². The van der Waals surface area contributed by atoms with Crippen LogP contribution >= 0.6 is 11.6 Å². The maximum absolute atomic E-state index is 12.1. The molecular formula is C16H24ClN3O. The Morgan fingerprint density at radius 1 is 1.29 bits per heavy atom. The highest BCUT2D eigenvalue weighted by Gasteiger charge is 2.37. The van der Waals surface area contributed by atoms with Crippen LogP contribution in [0.4, 0.5) is 0 Å². The average Bonchev–Trinajstić information content (AvgIpc) is 2.99. The predicted molar refractivity (Wildman–Crippen MR) is 83.4 cm³/mol. The van der Waals surface area contributed by atoms with Crippen LogP contribution in [0.5, 0.6) is 0 Å². The predicted octanol–water partition coefficient (Wildman–Crippen LogP) is 3.11. The van der Waals surface area contributed by atoms with Crippen molar-refractivity contribution in [2.75, 3.05) is 6.54 Å². The van der Waals surface area contributed by atoms with Crippen molar-refractivity contribution in [2.24, 2.45) is 13.0 Å². The van der Waals surface area contributed by atoms with Gasteiger partial charge in [-0.25, -0.2) is 0 Å². The molecule has 1 saturated heterocycles. The van der Waals surface area contributed by atoms with Gasteiger partial charge in [0.25, 0.3) is 0 Å². The molecule has 1 aromatic heterocycles. The summed E-state index contributed by atoms with van der Waals surface area (Å²) < 4.78 is 1.89. The zero-order valence-electron chi connectivity index (χ0n) is 12.9. The van der Waals surface area contributed by atoms with Gasteiger partial charge < -0.3 is 0 Å². The molecule has 0 radical (unpaired) electrons. The molecule has 2 atom stereocenters. The normalized spacial score (nSPS) is 27.5. The molecule has 2 unspecified atom stereocenters. The van der Waals surface area contributed by atoms with Crippen molar-refractivity contribution in [3.8, 4) is 0 Å². The number of piperidine rings is 1. The van der Waals surface area contributed by atoms with Gasteiger partial charge >= 0.3 is 0 Å². The van der Waals surface area contributed by atoms with Gasteiger partial charge in [-0.15, -0.1) is 0 Å². The number of ketones is 1. The SMILES string of the molecule is Cc1nn(C)c(CN2CCCCC2C2CCCC2=O)c1Cl. The Morgan fingerprint density at radius 3 is 2.71 bits per heavy atom. The van der Waals surface area contributed by atoms with Crippen LogP contribution in [0.1, 0.15) is 49.9 Å². The fraction of sp³-hybridized carbons (Fsp3) is 0.750. The summed E-state index contributed by atoms with van der Waals surface area (Å²) >= 11 is 6.39. The lowest BCUT2D eigenvalue weighted by Gasteiger charge is -2.38. The molecular weight excluding hydrogens is 286 g/mol. The molecule has 2 heterocycles. The second-order valence-corrected chi connectivity index (χ2v) is 6.85. The second kappa shape index (κ2) is 6.09. The highest BCUT2D eigenvalue weighted by molar-refractivity contribution is 6.31. The minimum atomic E-state index is 0.249. The number of carbonyl (C=O) groups is 1. The largest absolute Gasteiger partial charge is 0.299 e. The van der Waals surface area contributed by atoms with Gasteiger partial charge in [0.15, 0.2) is 0 Å². The molecule has 4 nitrogen and oxygen atoms in total. The van der Waals surface area contributed by atoms with E-state index >= 15 is 0 Å². The molecule has 1 aliphatic heterocycles. The van der Waals surface area contributed by atoms with Gasteiger partial charge in [0.1, 0.15) is 5.78 Å². The monoisotopic (exact) mass is 309 g/mol. The Balaban J connectivity index is 1.79. The van der Waals surface area contributed by atoms with Crippen LogP contribution in [-0.2, 0) is 18.4 Å². The van der Waals surface area contributed by atoms with Crippen molar-refractivity contribution in [3.63, 3.8) is 0 Å². The number of nitrogens with zero attached hydrogens (tertiary/aromatic N) is 3. The number of halogens is 1. The van der Waals surface area contributed by atoms with Gasteiger partial charge in [0, 0.05) is 32.0 Å². The summed E-state index contributed by atoms with van der Waals surface area (Å²) in [6, 6.07) is 0.403. The molecule has 1 saturated carbocycles. The summed E-state index contributed by atoms with van der Waals surface area (Å²) in [6.07, 6.45) is 6.51. The van der Waals surface area contributed by atoms with Crippen molar-refractivity contribution in [1.29, 1.82) is 0 Å². The van der Waals surface area contributed by atoms with Crippen molar-refractivity contribution < 1.29 is 4.79 Å². The van der Waals surface area contributed by atoms with E-state index in [0.29, 0.717) is 11.8 Å². The Kier molecular flexibility index (Phi) is 4.36. The van der Waals surface area contributed by atoms with Crippen molar-refractivity contribution in [2.45, 2.75) is 58.0 Å². The number of rotatable bonds is 3. The molecule has 1 aromatic rings. The molecule has 5 heteroatoms. The fourth-order valence-corrected chi connectivity index (χ4v) is 4.18. The van der Waals surface area contributed by atoms with Crippen molar-refractivity contribution >= 4 is 17.4 Å². The third-order valence-corrected chi connectivity index (χ3v) is 5.59. The standard InChI is InChI=1S/C16H24ClN3O/c1-11-16(17)14(19(2)18-11)10-20-9-4-3-7-13(20)12-6-5-8-15(12)21/h12-13H,3-10H2,1-2H3. The molecule has 116 valence electrons. The summed E-state index contributed by atoms with van der Waals surface area (Å²) in [5.41, 5.74) is 1.96. The van der Waals surface area contributed by atoms with Gasteiger partial charge in [0.05, 0.1) is 16.4 Å². The first-order valence-corrected chi connectivity index (χ1v) is 8.40. The number of carbonyl (C=O) groups excluding carboxylic acids is 1. The maximum Gasteiger partial charge on any atom is 0.137 e. The summed E-state index contributed by atoms with van der Waals surface area (Å²) in [7, 11) is 1.95. The zero-order chi connectivity index (χ0) is 15.0. The van der Waals surface area contributed by atoms with Crippen LogP contribution in [0.15, 0.2) is 0 Å². The first-order chi connectivity index (χ1) is 10.1. The van der Waals surface area contributed by atoms with E-state index in [-0.39, 0.29) is 5.92 Å². The number of Topliss-reactive ketones (excluding diaryl/α,β-unsaturated/α-hetero) is 1. The summed E-state index contributed by atoms with van der Waals surface area (Å²) in [5.74, 6) is 0.720. The maximum atomic E-state index is 12.1. The minimum Gasteiger partial charge on any atom is -0.299 e. The lowest BCUT2D eigenvalue weighted by Crippen LogP contribution is -2.45. The smallest absolute Gasteiger partial charge is 0.137 e. The molecule has 2 aliphatic rings. The molecule has 0 amide bonds. The zero-order valence-corrected chi connectivity index (χ0v) is 13.7. The van der Waals surface area contributed by atoms with E-state index in [1.54, 1.807) is 0 Å². The average molecular weight is 310 g/mol. The first-order valence-electron chi connectivity index (χ1n) is 8.02. The van der Waals surface area contributed by atoms with E-state index in [0.717, 1.165) is 55.2 Å². The molecule has 1 aliphatic carbocycles. The second-order valence-electron chi connectivity index (χ2n) is 6.47. The van der Waals surface area contributed by atoms with E-state index in [2.05, 4.69) is 10.00 Å². The van der Waals surface area contributed by atoms with Crippen LogP contribution < -0.4 is 0 Å². The first kappa shape index (κ1) is 15.0. The molecule has 3 rings (SSSR count). The number of hydrogen-bond acceptors (Lipinski definition) is 3. The lowest BCUT2D eigenvalue weighted by atomic mass is 9.88. The van der Waals surface area contributed by atoms with Gasteiger partial charge in [-0.05, 0) is 39.2 Å². The Morgan fingerprint density at radius 2 is 2.10 bits per heavy atom. The third-order valence-electron chi connectivity index (χ3n) is 5.10. The lowest BCUT2D eigenvalue weighted by molar-refractivity contribution is -0.123. The number of likely N-dealkylation sites (tertiary alicyclic amines) is 1. The van der Waals surface area contributed by atoms with Gasteiger partial charge in [-0.2, -0.15) is 5.10 Å². The quantitative estimate of drug-likeness (QED) is 0.861. The van der Waals surface area contributed by atoms with Gasteiger partial charge in [0.2, 0.25) is 0 Å². The number of aryl methyl sites for hydroxylation is 2. The van der Waals surface area contributed by atoms with Crippen LogP contribution in [0.3, 0.4) is 0 Å². The fourth-order valence-electron chi connectivity index (χ4n) is 3.96. The van der Waals surface area contributed by atoms with Crippen LogP contribution in [0.2, 0.25) is 5.02 Å². The van der Waals surface area contributed by atoms with Crippen molar-refractivity contribution in [3.05, 3.63) is 16.4 Å². The van der Waals surface area contributed by atoms with E-state index in [1.165, 1.54) is 12.8 Å². The molecule has 0 spiro atoms. The molecule has 0 bridgehead atoms. The number of aromatic nitrogens is 2. The third kappa shape index (κ3) is 2.88. The van der Waals surface area contributed by atoms with Gasteiger partial charge in [-0.3, -0.25) is 14.4 Å². The van der Waals surface area contributed by atoms with Crippen molar-refractivity contribution in [1.82, 2.24) is 14.7 Å². The van der Waals surface area contributed by atoms with Crippen LogP contribution in [-0.4, -0.2) is 33.1 Å². The minimum absolute atomic E-state index is 0.249. The number of hydrogen-bond donors (Lipinski definition) is 0. The highest BCUT2D eigenvalue weighted by atomic mass is 35.5. The Labute approximate surface area is 131 Å². The summed E-state index contributed by atoms with van der Waals surface area (Å²) in [4.78, 5) is 14.6. The topological polar surface area (TPSA) is 38.1 Å². The van der Waals surface area contributed by atoms with Crippen LogP contribution in [0.25, 0.3) is 0 Å². The van der Waals surface area contributed by atoms with E-state index < -0.39 is 0 Å². The van der Waals surface area contributed by atoms with E-state index in [9.17, 15) is 4.79 Å². The van der Waals surface area contributed by atoms with E-state index in [4.69, 9.17) is 11.6 Å². The Bertz CT molecular complexity index is 540. The molecule has 0 N–H and O–H groups in total. The molecule has 2 fully saturated rings. The van der Waals surface area contributed by atoms with Gasteiger partial charge in [-0.1, -0.05) is 18.0 Å². The highest BCUT2D eigenvalue weighted by Crippen LogP contribution is 2.34.